The second kappa shape index (κ2) is 4.11. The van der Waals surface area contributed by atoms with Crippen molar-refractivity contribution in [1.82, 2.24) is 4.98 Å². The highest BCUT2D eigenvalue weighted by Crippen LogP contribution is 2.32. The Bertz CT molecular complexity index is 597. The topological polar surface area (TPSA) is 55.2 Å². The van der Waals surface area contributed by atoms with Gasteiger partial charge in [-0.15, -0.1) is 0 Å². The van der Waals surface area contributed by atoms with Crippen LogP contribution in [-0.2, 0) is 0 Å². The van der Waals surface area contributed by atoms with Gasteiger partial charge < -0.3 is 9.15 Å². The first-order valence-electron chi connectivity index (χ1n) is 5.67. The van der Waals surface area contributed by atoms with E-state index in [1.165, 1.54) is 19.3 Å². The molecular weight excluding hydrogens is 242 g/mol. The number of hydrogen-bond acceptors (Lipinski definition) is 3. The van der Waals surface area contributed by atoms with Crippen LogP contribution in [0.3, 0.4) is 0 Å². The summed E-state index contributed by atoms with van der Waals surface area (Å²) in [7, 11) is 0. The zero-order valence-corrected chi connectivity index (χ0v) is 9.92. The lowest BCUT2D eigenvalue weighted by Gasteiger charge is -2.25. The Hall–Kier alpha value is -1.42. The maximum atomic E-state index is 11.0. The van der Waals surface area contributed by atoms with Crippen LogP contribution in [0, 0.1) is 5.92 Å². The number of benzene rings is 1. The molecule has 1 aromatic heterocycles. The van der Waals surface area contributed by atoms with Gasteiger partial charge in [0.25, 0.3) is 0 Å². The fourth-order valence-electron chi connectivity index (χ4n) is 1.93. The number of aromatic amines is 1. The molecule has 1 N–H and O–H groups in total. The predicted molar refractivity (Wildman–Crippen MR) is 64.7 cm³/mol. The molecule has 0 aliphatic heterocycles. The summed E-state index contributed by atoms with van der Waals surface area (Å²) in [5.41, 5.74) is 1.07. The molecule has 0 bridgehead atoms. The smallest absolute Gasteiger partial charge is 0.417 e. The number of nitrogens with one attached hydrogen (secondary N) is 1. The molecule has 0 saturated heterocycles. The predicted octanol–water partition coefficient (Wildman–Crippen LogP) is 2.95. The molecule has 3 rings (SSSR count). The van der Waals surface area contributed by atoms with Crippen molar-refractivity contribution in [1.29, 1.82) is 0 Å². The van der Waals surface area contributed by atoms with Gasteiger partial charge in [0.05, 0.1) is 17.1 Å². The number of hydrogen-bond donors (Lipinski definition) is 1. The van der Waals surface area contributed by atoms with E-state index >= 15 is 0 Å². The summed E-state index contributed by atoms with van der Waals surface area (Å²) < 4.78 is 10.6. The summed E-state index contributed by atoms with van der Waals surface area (Å²) in [6, 6.07) is 3.31. The van der Waals surface area contributed by atoms with Gasteiger partial charge in [0.1, 0.15) is 5.75 Å². The molecule has 1 aliphatic carbocycles. The van der Waals surface area contributed by atoms with Crippen molar-refractivity contribution in [2.75, 3.05) is 6.61 Å². The lowest BCUT2D eigenvalue weighted by molar-refractivity contribution is 0.181. The lowest BCUT2D eigenvalue weighted by Crippen LogP contribution is -2.19. The van der Waals surface area contributed by atoms with Crippen molar-refractivity contribution in [2.45, 2.75) is 19.3 Å². The maximum absolute atomic E-state index is 11.0. The van der Waals surface area contributed by atoms with E-state index in [1.807, 2.05) is 0 Å². The molecule has 5 heteroatoms. The normalized spacial score (nSPS) is 16.1. The van der Waals surface area contributed by atoms with Crippen LogP contribution in [-0.4, -0.2) is 11.6 Å². The quantitative estimate of drug-likeness (QED) is 0.915. The fourth-order valence-corrected chi connectivity index (χ4v) is 2.15. The van der Waals surface area contributed by atoms with Crippen LogP contribution in [0.15, 0.2) is 21.3 Å². The Morgan fingerprint density at radius 3 is 3.00 bits per heavy atom. The number of halogens is 1. The van der Waals surface area contributed by atoms with Gasteiger partial charge in [-0.25, -0.2) is 4.79 Å². The standard InChI is InChI=1S/C12H12ClNO3/c13-8-4-9-11(17-12(15)14-9)5-10(8)16-6-7-2-1-3-7/h4-5,7H,1-3,6H2,(H,14,15). The Kier molecular flexibility index (Phi) is 2.59. The van der Waals surface area contributed by atoms with E-state index in [0.717, 1.165) is 0 Å². The van der Waals surface area contributed by atoms with Gasteiger partial charge >= 0.3 is 5.76 Å². The van der Waals surface area contributed by atoms with Crippen LogP contribution in [0.2, 0.25) is 5.02 Å². The van der Waals surface area contributed by atoms with Crippen LogP contribution in [0.25, 0.3) is 11.1 Å². The summed E-state index contributed by atoms with van der Waals surface area (Å²) in [5, 5.41) is 0.494. The molecule has 1 aliphatic rings. The van der Waals surface area contributed by atoms with Crippen molar-refractivity contribution in [3.63, 3.8) is 0 Å². The summed E-state index contributed by atoms with van der Waals surface area (Å²) in [6.07, 6.45) is 3.73. The minimum atomic E-state index is -0.479. The summed E-state index contributed by atoms with van der Waals surface area (Å²) in [6.45, 7) is 0.680. The molecule has 1 heterocycles. The molecule has 2 aromatic rings. The van der Waals surface area contributed by atoms with Gasteiger partial charge in [-0.3, -0.25) is 4.98 Å². The van der Waals surface area contributed by atoms with Crippen molar-refractivity contribution in [2.24, 2.45) is 5.92 Å². The third-order valence-corrected chi connectivity index (χ3v) is 3.47. The van der Waals surface area contributed by atoms with Gasteiger partial charge in [-0.1, -0.05) is 18.0 Å². The molecule has 1 saturated carbocycles. The van der Waals surface area contributed by atoms with Crippen molar-refractivity contribution in [3.05, 3.63) is 27.7 Å². The van der Waals surface area contributed by atoms with Crippen molar-refractivity contribution >= 4 is 22.7 Å². The molecule has 0 radical (unpaired) electrons. The van der Waals surface area contributed by atoms with E-state index in [2.05, 4.69) is 4.98 Å². The number of oxazole rings is 1. The minimum Gasteiger partial charge on any atom is -0.492 e. The number of H-pyrrole nitrogens is 1. The van der Waals surface area contributed by atoms with Crippen LogP contribution >= 0.6 is 11.6 Å². The molecule has 17 heavy (non-hydrogen) atoms. The van der Waals surface area contributed by atoms with Gasteiger partial charge in [-0.05, 0) is 24.8 Å². The number of ether oxygens (including phenoxy) is 1. The Morgan fingerprint density at radius 1 is 1.47 bits per heavy atom. The molecule has 90 valence electrons. The second-order valence-corrected chi connectivity index (χ2v) is 4.81. The van der Waals surface area contributed by atoms with E-state index in [9.17, 15) is 4.79 Å². The summed E-state index contributed by atoms with van der Waals surface area (Å²) >= 11 is 6.07. The van der Waals surface area contributed by atoms with Crippen molar-refractivity contribution < 1.29 is 9.15 Å². The Labute approximate surface area is 103 Å². The largest absolute Gasteiger partial charge is 0.492 e. The van der Waals surface area contributed by atoms with Gasteiger partial charge in [0.2, 0.25) is 0 Å². The van der Waals surface area contributed by atoms with E-state index in [-0.39, 0.29) is 0 Å². The maximum Gasteiger partial charge on any atom is 0.417 e. The van der Waals surface area contributed by atoms with Crippen LogP contribution in [0.1, 0.15) is 19.3 Å². The van der Waals surface area contributed by atoms with Crippen LogP contribution in [0.5, 0.6) is 5.75 Å². The molecule has 0 spiro atoms. The highest BCUT2D eigenvalue weighted by molar-refractivity contribution is 6.32. The average Bonchev–Trinajstić information content (AvgIpc) is 2.55. The third kappa shape index (κ3) is 2.05. The monoisotopic (exact) mass is 253 g/mol. The minimum absolute atomic E-state index is 0.475. The summed E-state index contributed by atoms with van der Waals surface area (Å²) in [5.74, 6) is 0.737. The first-order chi connectivity index (χ1) is 8.22. The SMILES string of the molecule is O=c1[nH]c2cc(Cl)c(OCC3CCC3)cc2o1. The van der Waals surface area contributed by atoms with Crippen LogP contribution in [0.4, 0.5) is 0 Å². The first kappa shape index (κ1) is 10.7. The first-order valence-corrected chi connectivity index (χ1v) is 6.05. The lowest BCUT2D eigenvalue weighted by atomic mass is 9.86. The van der Waals surface area contributed by atoms with E-state index < -0.39 is 5.76 Å². The summed E-state index contributed by atoms with van der Waals surface area (Å²) in [4.78, 5) is 13.6. The second-order valence-electron chi connectivity index (χ2n) is 4.40. The van der Waals surface area contributed by atoms with Crippen molar-refractivity contribution in [3.8, 4) is 5.75 Å². The van der Waals surface area contributed by atoms with E-state index in [0.29, 0.717) is 34.4 Å². The molecular formula is C12H12ClNO3. The molecule has 1 fully saturated rings. The Balaban J connectivity index is 1.86. The zero-order chi connectivity index (χ0) is 11.8. The highest BCUT2D eigenvalue weighted by Gasteiger charge is 2.18. The number of aromatic nitrogens is 1. The van der Waals surface area contributed by atoms with Gasteiger partial charge in [-0.2, -0.15) is 0 Å². The van der Waals surface area contributed by atoms with E-state index in [4.69, 9.17) is 20.8 Å². The third-order valence-electron chi connectivity index (χ3n) is 3.17. The number of fused-ring (bicyclic) bond motifs is 1. The molecule has 0 unspecified atom stereocenters. The molecule has 0 amide bonds. The van der Waals surface area contributed by atoms with E-state index in [1.54, 1.807) is 12.1 Å². The zero-order valence-electron chi connectivity index (χ0n) is 9.16. The molecule has 1 aromatic carbocycles. The molecule has 0 atom stereocenters. The highest BCUT2D eigenvalue weighted by atomic mass is 35.5. The fraction of sp³-hybridized carbons (Fsp3) is 0.417. The van der Waals surface area contributed by atoms with Gasteiger partial charge in [0, 0.05) is 6.07 Å². The molecule has 4 nitrogen and oxygen atoms in total. The number of rotatable bonds is 3. The average molecular weight is 254 g/mol. The Morgan fingerprint density at radius 2 is 2.29 bits per heavy atom. The van der Waals surface area contributed by atoms with Crippen LogP contribution < -0.4 is 10.5 Å². The van der Waals surface area contributed by atoms with Gasteiger partial charge in [0.15, 0.2) is 5.58 Å².